The third-order valence-electron chi connectivity index (χ3n) is 5.19. The van der Waals surface area contributed by atoms with Gasteiger partial charge in [-0.3, -0.25) is 9.98 Å². The summed E-state index contributed by atoms with van der Waals surface area (Å²) in [5.74, 6) is 0. The van der Waals surface area contributed by atoms with E-state index in [1.165, 1.54) is 0 Å². The third-order valence-corrected chi connectivity index (χ3v) is 5.19. The minimum atomic E-state index is -0.00385. The van der Waals surface area contributed by atoms with Crippen molar-refractivity contribution in [2.45, 2.75) is 12.5 Å². The molecule has 3 nitrogen and oxygen atoms in total. The molecule has 1 unspecified atom stereocenters. The average Bonchev–Trinajstić information content (AvgIpc) is 2.90. The van der Waals surface area contributed by atoms with Crippen LogP contribution in [0.3, 0.4) is 0 Å². The predicted octanol–water partition coefficient (Wildman–Crippen LogP) is 7.68. The van der Waals surface area contributed by atoms with E-state index in [0.29, 0.717) is 0 Å². The zero-order valence-electron chi connectivity index (χ0n) is 17.6. The molecular weight excluding hydrogens is 493 g/mol. The van der Waals surface area contributed by atoms with Crippen LogP contribution in [0, 0.1) is 0 Å². The Labute approximate surface area is 208 Å². The molecule has 0 amide bonds. The molecule has 166 valence electrons. The fraction of sp³-hybridized carbons (Fsp3) is 0.0741. The number of allylic oxidation sites excluding steroid dienone is 1. The Balaban J connectivity index is 0.000000821. The van der Waals surface area contributed by atoms with Crippen LogP contribution in [0.25, 0.3) is 22.5 Å². The van der Waals surface area contributed by atoms with Gasteiger partial charge in [0.05, 0.1) is 34.5 Å². The molecule has 5 rings (SSSR count). The molecule has 0 fully saturated rings. The number of halogens is 2. The summed E-state index contributed by atoms with van der Waals surface area (Å²) in [5.41, 5.74) is 6.92. The van der Waals surface area contributed by atoms with Gasteiger partial charge in [0, 0.05) is 11.1 Å². The SMILES string of the molecule is C1=CC(c2cccc(-c3ccccc3)n2)=NC(c2cccc(-c3ccccc3)n2)C1.[Cl][Fe][Cl]. The minimum absolute atomic E-state index is 0.00385. The first-order valence-corrected chi connectivity index (χ1v) is 13.5. The van der Waals surface area contributed by atoms with Crippen LogP contribution in [0.15, 0.2) is 114 Å². The normalized spacial score (nSPS) is 14.8. The summed E-state index contributed by atoms with van der Waals surface area (Å²) in [5, 5.41) is 0. The van der Waals surface area contributed by atoms with Gasteiger partial charge in [0.25, 0.3) is 0 Å². The van der Waals surface area contributed by atoms with Crippen molar-refractivity contribution in [3.05, 3.63) is 121 Å². The van der Waals surface area contributed by atoms with Gasteiger partial charge < -0.3 is 0 Å². The van der Waals surface area contributed by atoms with Crippen molar-refractivity contribution in [2.24, 2.45) is 4.99 Å². The number of rotatable bonds is 4. The maximum absolute atomic E-state index is 5.00. The monoisotopic (exact) mass is 513 g/mol. The molecule has 2 aromatic heterocycles. The summed E-state index contributed by atoms with van der Waals surface area (Å²) >= 11 is 0.194. The van der Waals surface area contributed by atoms with E-state index < -0.39 is 0 Å². The Morgan fingerprint density at radius 3 is 1.82 bits per heavy atom. The maximum atomic E-state index is 5.00. The summed E-state index contributed by atoms with van der Waals surface area (Å²) in [4.78, 5) is 14.8. The van der Waals surface area contributed by atoms with E-state index in [0.717, 1.165) is 46.0 Å². The fourth-order valence-corrected chi connectivity index (χ4v) is 3.66. The quantitative estimate of drug-likeness (QED) is 0.262. The summed E-state index contributed by atoms with van der Waals surface area (Å²) in [6.07, 6.45) is 5.07. The number of hydrogen-bond acceptors (Lipinski definition) is 3. The van der Waals surface area contributed by atoms with Crippen molar-refractivity contribution in [1.82, 2.24) is 9.97 Å². The third kappa shape index (κ3) is 6.19. The summed E-state index contributed by atoms with van der Waals surface area (Å²) in [7, 11) is 9.53. The molecule has 33 heavy (non-hydrogen) atoms. The van der Waals surface area contributed by atoms with Gasteiger partial charge >= 0.3 is 33.3 Å². The fourth-order valence-electron chi connectivity index (χ4n) is 3.66. The van der Waals surface area contributed by atoms with Gasteiger partial charge in [0.2, 0.25) is 0 Å². The topological polar surface area (TPSA) is 38.1 Å². The summed E-state index contributed by atoms with van der Waals surface area (Å²) in [6, 6.07) is 32.8. The number of benzene rings is 2. The van der Waals surface area contributed by atoms with E-state index in [9.17, 15) is 0 Å². The molecule has 1 aliphatic rings. The number of aromatic nitrogens is 2. The Bertz CT molecular complexity index is 1240. The van der Waals surface area contributed by atoms with E-state index in [-0.39, 0.29) is 19.2 Å². The number of nitrogens with zero attached hydrogens (tertiary/aromatic N) is 3. The van der Waals surface area contributed by atoms with Crippen molar-refractivity contribution < 1.29 is 13.1 Å². The average molecular weight is 514 g/mol. The first kappa shape index (κ1) is 23.4. The van der Waals surface area contributed by atoms with Gasteiger partial charge in [-0.05, 0) is 36.8 Å². The van der Waals surface area contributed by atoms with Crippen LogP contribution in [0.1, 0.15) is 23.9 Å². The van der Waals surface area contributed by atoms with E-state index in [1.807, 2.05) is 60.7 Å². The van der Waals surface area contributed by atoms with Gasteiger partial charge in [0.1, 0.15) is 0 Å². The second-order valence-electron chi connectivity index (χ2n) is 7.31. The van der Waals surface area contributed by atoms with Crippen molar-refractivity contribution in [1.29, 1.82) is 0 Å². The molecule has 0 saturated heterocycles. The van der Waals surface area contributed by atoms with Crippen molar-refractivity contribution in [3.8, 4) is 22.5 Å². The molecule has 6 heteroatoms. The van der Waals surface area contributed by atoms with Gasteiger partial charge in [0.15, 0.2) is 0 Å². The molecule has 0 N–H and O–H groups in total. The van der Waals surface area contributed by atoms with Crippen LogP contribution < -0.4 is 0 Å². The van der Waals surface area contributed by atoms with Gasteiger partial charge in [-0.15, -0.1) is 0 Å². The summed E-state index contributed by atoms with van der Waals surface area (Å²) < 4.78 is 0. The standard InChI is InChI=1S/C27H21N3.2ClH.Fe/c1-3-10-20(11-4-1)22-14-7-16-24(28-22)26-18-9-19-27(30-26)25-17-8-15-23(29-25)21-12-5-2-6-13-21;;;/h1-18,27H,19H2;2*1H;/q;;;+2/p-2. The molecule has 2 aromatic carbocycles. The number of hydrogen-bond donors (Lipinski definition) is 0. The van der Waals surface area contributed by atoms with Crippen LogP contribution in [0.5, 0.6) is 0 Å². The predicted molar refractivity (Wildman–Crippen MR) is 134 cm³/mol. The van der Waals surface area contributed by atoms with Crippen LogP contribution in [0.2, 0.25) is 0 Å². The Hall–Kier alpha value is -2.75. The van der Waals surface area contributed by atoms with Crippen LogP contribution in [-0.2, 0) is 13.1 Å². The van der Waals surface area contributed by atoms with Crippen LogP contribution in [-0.4, -0.2) is 15.7 Å². The molecule has 1 atom stereocenters. The molecule has 4 aromatic rings. The Morgan fingerprint density at radius 1 is 0.636 bits per heavy atom. The van der Waals surface area contributed by atoms with E-state index in [1.54, 1.807) is 0 Å². The molecule has 0 radical (unpaired) electrons. The van der Waals surface area contributed by atoms with Crippen molar-refractivity contribution in [3.63, 3.8) is 0 Å². The molecule has 3 heterocycles. The van der Waals surface area contributed by atoms with Gasteiger partial charge in [-0.25, -0.2) is 4.98 Å². The van der Waals surface area contributed by atoms with Crippen molar-refractivity contribution >= 4 is 25.9 Å². The molecule has 1 aliphatic heterocycles. The van der Waals surface area contributed by atoms with Crippen LogP contribution >= 0.6 is 20.2 Å². The number of pyridine rings is 2. The Morgan fingerprint density at radius 2 is 1.18 bits per heavy atom. The number of dihydropyridines is 1. The zero-order valence-corrected chi connectivity index (χ0v) is 20.2. The van der Waals surface area contributed by atoms with Crippen LogP contribution in [0.4, 0.5) is 0 Å². The molecule has 0 saturated carbocycles. The van der Waals surface area contributed by atoms with Gasteiger partial charge in [-0.1, -0.05) is 78.9 Å². The molecule has 0 spiro atoms. The number of aliphatic imine (C=N–C) groups is 1. The zero-order chi connectivity index (χ0) is 22.9. The molecule has 0 bridgehead atoms. The summed E-state index contributed by atoms with van der Waals surface area (Å²) in [6.45, 7) is 0. The first-order valence-electron chi connectivity index (χ1n) is 10.4. The molecular formula is C27H21Cl2FeN3. The molecule has 0 aliphatic carbocycles. The van der Waals surface area contributed by atoms with E-state index in [4.69, 9.17) is 35.2 Å². The van der Waals surface area contributed by atoms with E-state index in [2.05, 4.69) is 48.6 Å². The second kappa shape index (κ2) is 11.9. The van der Waals surface area contributed by atoms with Crippen molar-refractivity contribution in [2.75, 3.05) is 0 Å². The first-order chi connectivity index (χ1) is 16.3. The second-order valence-corrected chi connectivity index (χ2v) is 9.13. The van der Waals surface area contributed by atoms with E-state index >= 15 is 0 Å². The Kier molecular flexibility index (Phi) is 8.46. The van der Waals surface area contributed by atoms with Gasteiger partial charge in [-0.2, -0.15) is 0 Å².